The van der Waals surface area contributed by atoms with Gasteiger partial charge in [-0.2, -0.15) is 0 Å². The molecule has 1 atom stereocenters. The number of nitrogens with zero attached hydrogens (tertiary/aromatic N) is 4. The normalized spacial score (nSPS) is 12.6. The number of aromatic amines is 1. The number of amides is 1. The van der Waals surface area contributed by atoms with Crippen LogP contribution in [0.1, 0.15) is 39.8 Å². The predicted molar refractivity (Wildman–Crippen MR) is 98.6 cm³/mol. The first-order valence-corrected chi connectivity index (χ1v) is 8.88. The fourth-order valence-corrected chi connectivity index (χ4v) is 4.08. The van der Waals surface area contributed by atoms with Crippen LogP contribution in [0.2, 0.25) is 0 Å². The second-order valence-corrected chi connectivity index (χ2v) is 7.07. The number of fused-ring (bicyclic) bond motifs is 2. The molecule has 4 rings (SSSR count). The van der Waals surface area contributed by atoms with Crippen molar-refractivity contribution in [3.8, 4) is 0 Å². The third-order valence-electron chi connectivity index (χ3n) is 4.20. The summed E-state index contributed by atoms with van der Waals surface area (Å²) >= 11 is 1.22. The molecular formula is C17H16N6O2S. The Hall–Kier alpha value is -3.07. The number of hydrogen-bond acceptors (Lipinski definition) is 6. The quantitative estimate of drug-likeness (QED) is 0.576. The highest BCUT2D eigenvalue weighted by Crippen LogP contribution is 2.27. The molecule has 0 saturated carbocycles. The molecule has 4 heterocycles. The van der Waals surface area contributed by atoms with Crippen LogP contribution < -0.4 is 10.9 Å². The van der Waals surface area contributed by atoms with E-state index in [9.17, 15) is 9.59 Å². The predicted octanol–water partition coefficient (Wildman–Crippen LogP) is 2.14. The molecule has 0 aromatic carbocycles. The molecule has 0 radical (unpaired) electrons. The van der Waals surface area contributed by atoms with Crippen LogP contribution in [0.5, 0.6) is 0 Å². The Morgan fingerprint density at radius 3 is 2.92 bits per heavy atom. The average molecular weight is 368 g/mol. The first kappa shape index (κ1) is 16.4. The zero-order chi connectivity index (χ0) is 18.4. The number of carbonyl (C=O) groups excluding carboxylic acids is 1. The molecule has 1 amide bonds. The van der Waals surface area contributed by atoms with Gasteiger partial charge < -0.3 is 10.3 Å². The zero-order valence-electron chi connectivity index (χ0n) is 14.4. The average Bonchev–Trinajstić information content (AvgIpc) is 3.16. The third-order valence-corrected chi connectivity index (χ3v) is 5.38. The number of hydrogen-bond donors (Lipinski definition) is 2. The van der Waals surface area contributed by atoms with Gasteiger partial charge in [0.15, 0.2) is 11.5 Å². The van der Waals surface area contributed by atoms with Gasteiger partial charge in [0.1, 0.15) is 10.7 Å². The minimum Gasteiger partial charge on any atom is -0.342 e. The molecule has 0 aliphatic heterocycles. The van der Waals surface area contributed by atoms with E-state index in [1.165, 1.54) is 11.3 Å². The van der Waals surface area contributed by atoms with E-state index in [2.05, 4.69) is 25.5 Å². The summed E-state index contributed by atoms with van der Waals surface area (Å²) in [5, 5.41) is 11.7. The van der Waals surface area contributed by atoms with Gasteiger partial charge in [0, 0.05) is 6.20 Å². The van der Waals surface area contributed by atoms with Gasteiger partial charge in [-0.1, -0.05) is 6.07 Å². The molecule has 8 nitrogen and oxygen atoms in total. The van der Waals surface area contributed by atoms with Crippen molar-refractivity contribution in [3.63, 3.8) is 0 Å². The highest BCUT2D eigenvalue weighted by atomic mass is 32.1. The van der Waals surface area contributed by atoms with Gasteiger partial charge in [0.2, 0.25) is 0 Å². The van der Waals surface area contributed by atoms with Crippen LogP contribution in [0.15, 0.2) is 29.2 Å². The molecule has 1 unspecified atom stereocenters. The van der Waals surface area contributed by atoms with Crippen LogP contribution in [-0.2, 0) is 0 Å². The van der Waals surface area contributed by atoms with E-state index in [-0.39, 0.29) is 17.5 Å². The molecule has 132 valence electrons. The van der Waals surface area contributed by atoms with E-state index in [0.29, 0.717) is 38.0 Å². The molecule has 0 aliphatic rings. The number of aromatic nitrogens is 5. The lowest BCUT2D eigenvalue weighted by Crippen LogP contribution is -2.27. The van der Waals surface area contributed by atoms with Crippen LogP contribution in [0.25, 0.3) is 15.9 Å². The topological polar surface area (TPSA) is 105 Å². The number of rotatable bonds is 3. The summed E-state index contributed by atoms with van der Waals surface area (Å²) < 4.78 is 1.83. The smallest absolute Gasteiger partial charge is 0.262 e. The number of carbonyl (C=O) groups is 1. The van der Waals surface area contributed by atoms with Gasteiger partial charge in [0.25, 0.3) is 11.5 Å². The summed E-state index contributed by atoms with van der Waals surface area (Å²) in [6, 6.07) is 5.26. The molecule has 0 fully saturated rings. The Labute approximate surface area is 151 Å². The van der Waals surface area contributed by atoms with Crippen LogP contribution >= 0.6 is 11.3 Å². The van der Waals surface area contributed by atoms with E-state index in [1.54, 1.807) is 13.8 Å². The van der Waals surface area contributed by atoms with E-state index in [1.807, 2.05) is 35.7 Å². The van der Waals surface area contributed by atoms with Crippen molar-refractivity contribution in [2.75, 3.05) is 0 Å². The molecule has 0 aliphatic carbocycles. The Kier molecular flexibility index (Phi) is 3.80. The highest BCUT2D eigenvalue weighted by molar-refractivity contribution is 7.20. The summed E-state index contributed by atoms with van der Waals surface area (Å²) in [6.07, 6.45) is 1.85. The lowest BCUT2D eigenvalue weighted by atomic mass is 10.2. The minimum absolute atomic E-state index is 0.225. The van der Waals surface area contributed by atoms with Crippen molar-refractivity contribution in [3.05, 3.63) is 56.8 Å². The maximum Gasteiger partial charge on any atom is 0.262 e. The monoisotopic (exact) mass is 368 g/mol. The van der Waals surface area contributed by atoms with Crippen molar-refractivity contribution in [1.82, 2.24) is 29.9 Å². The van der Waals surface area contributed by atoms with Crippen LogP contribution in [-0.4, -0.2) is 30.5 Å². The van der Waals surface area contributed by atoms with Crippen molar-refractivity contribution in [2.45, 2.75) is 26.8 Å². The fraction of sp³-hybridized carbons (Fsp3) is 0.235. The first-order valence-electron chi connectivity index (χ1n) is 8.06. The van der Waals surface area contributed by atoms with E-state index in [0.717, 1.165) is 0 Å². The largest absolute Gasteiger partial charge is 0.342 e. The molecule has 0 bridgehead atoms. The SMILES string of the molecule is Cc1nc2sc(C(=O)NC(C)c3nnc4ccccn34)c(C)c2c(=O)[nH]1. The van der Waals surface area contributed by atoms with E-state index >= 15 is 0 Å². The maximum absolute atomic E-state index is 12.8. The Balaban J connectivity index is 1.68. The summed E-state index contributed by atoms with van der Waals surface area (Å²) in [5.74, 6) is 0.904. The molecule has 9 heteroatoms. The van der Waals surface area contributed by atoms with E-state index < -0.39 is 0 Å². The fourth-order valence-electron chi connectivity index (χ4n) is 2.95. The molecule has 26 heavy (non-hydrogen) atoms. The van der Waals surface area contributed by atoms with Gasteiger partial charge in [-0.15, -0.1) is 21.5 Å². The zero-order valence-corrected chi connectivity index (χ0v) is 15.2. The second-order valence-electron chi connectivity index (χ2n) is 6.07. The van der Waals surface area contributed by atoms with Crippen molar-refractivity contribution < 1.29 is 4.79 Å². The molecule has 4 aromatic heterocycles. The van der Waals surface area contributed by atoms with E-state index in [4.69, 9.17) is 0 Å². The van der Waals surface area contributed by atoms with Crippen molar-refractivity contribution in [1.29, 1.82) is 0 Å². The van der Waals surface area contributed by atoms with Crippen molar-refractivity contribution in [2.24, 2.45) is 0 Å². The maximum atomic E-state index is 12.8. The highest BCUT2D eigenvalue weighted by Gasteiger charge is 2.22. The summed E-state index contributed by atoms with van der Waals surface area (Å²) in [7, 11) is 0. The Morgan fingerprint density at radius 2 is 2.12 bits per heavy atom. The lowest BCUT2D eigenvalue weighted by Gasteiger charge is -2.12. The summed E-state index contributed by atoms with van der Waals surface area (Å²) in [4.78, 5) is 33.0. The lowest BCUT2D eigenvalue weighted by molar-refractivity contribution is 0.0941. The number of aryl methyl sites for hydroxylation is 2. The Bertz CT molecular complexity index is 1210. The van der Waals surface area contributed by atoms with Gasteiger partial charge in [-0.05, 0) is 38.5 Å². The van der Waals surface area contributed by atoms with Gasteiger partial charge in [-0.25, -0.2) is 4.98 Å². The standard InChI is InChI=1S/C17H16N6O2S/c1-8-12-15(24)19-10(3)20-17(12)26-13(8)16(25)18-9(2)14-22-21-11-6-4-5-7-23(11)14/h4-7,9H,1-3H3,(H,18,25)(H,19,20,24). The first-order chi connectivity index (χ1) is 12.5. The molecule has 0 saturated heterocycles. The van der Waals surface area contributed by atoms with Crippen LogP contribution in [0.4, 0.5) is 0 Å². The summed E-state index contributed by atoms with van der Waals surface area (Å²) in [6.45, 7) is 5.32. The van der Waals surface area contributed by atoms with Gasteiger partial charge >= 0.3 is 0 Å². The number of thiophene rings is 1. The molecular weight excluding hydrogens is 352 g/mol. The third kappa shape index (κ3) is 2.57. The van der Waals surface area contributed by atoms with Crippen molar-refractivity contribution >= 4 is 33.1 Å². The number of nitrogens with one attached hydrogen (secondary N) is 2. The number of pyridine rings is 1. The van der Waals surface area contributed by atoms with Crippen LogP contribution in [0, 0.1) is 13.8 Å². The van der Waals surface area contributed by atoms with Gasteiger partial charge in [0.05, 0.1) is 16.3 Å². The molecule has 4 aromatic rings. The minimum atomic E-state index is -0.350. The van der Waals surface area contributed by atoms with Crippen LogP contribution in [0.3, 0.4) is 0 Å². The number of H-pyrrole nitrogens is 1. The summed E-state index contributed by atoms with van der Waals surface area (Å²) in [5.41, 5.74) is 1.12. The molecule has 0 spiro atoms. The second kappa shape index (κ2) is 6.03. The molecule has 2 N–H and O–H groups in total. The van der Waals surface area contributed by atoms with Gasteiger partial charge in [-0.3, -0.25) is 14.0 Å². The Morgan fingerprint density at radius 1 is 1.31 bits per heavy atom.